The molecule has 0 bridgehead atoms. The zero-order valence-electron chi connectivity index (χ0n) is 12.2. The fourth-order valence-electron chi connectivity index (χ4n) is 2.65. The Morgan fingerprint density at radius 1 is 1.35 bits per heavy atom. The second-order valence-electron chi connectivity index (χ2n) is 5.63. The summed E-state index contributed by atoms with van der Waals surface area (Å²) in [5.74, 6) is -3.27. The van der Waals surface area contributed by atoms with E-state index in [-0.39, 0.29) is 37.5 Å². The van der Waals surface area contributed by atoms with Crippen molar-refractivity contribution < 1.29 is 13.6 Å². The van der Waals surface area contributed by atoms with Crippen LogP contribution in [0.5, 0.6) is 0 Å². The van der Waals surface area contributed by atoms with E-state index in [0.29, 0.717) is 16.4 Å². The van der Waals surface area contributed by atoms with Gasteiger partial charge in [0.05, 0.1) is 10.7 Å². The van der Waals surface area contributed by atoms with Gasteiger partial charge in [-0.25, -0.2) is 18.4 Å². The number of nitrogens with one attached hydrogen (secondary N) is 1. The van der Waals surface area contributed by atoms with E-state index >= 15 is 0 Å². The number of benzene rings is 1. The Morgan fingerprint density at radius 2 is 2.09 bits per heavy atom. The molecule has 23 heavy (non-hydrogen) atoms. The number of halogens is 3. The lowest BCUT2D eigenvalue weighted by Crippen LogP contribution is -2.31. The normalized spacial score (nSPS) is 17.9. The average Bonchev–Trinajstić information content (AvgIpc) is 3.01. The molecule has 5 nitrogen and oxygen atoms in total. The fourth-order valence-corrected chi connectivity index (χ4v) is 2.92. The highest BCUT2D eigenvalue weighted by atomic mass is 35.5. The molecule has 8 heteroatoms. The van der Waals surface area contributed by atoms with Crippen LogP contribution in [0.4, 0.5) is 14.5 Å². The molecule has 0 aliphatic heterocycles. The highest BCUT2D eigenvalue weighted by Gasteiger charge is 2.37. The first kappa shape index (κ1) is 15.9. The topological polar surface area (TPSA) is 59.8 Å². The van der Waals surface area contributed by atoms with Crippen molar-refractivity contribution in [3.8, 4) is 5.69 Å². The summed E-state index contributed by atoms with van der Waals surface area (Å²) < 4.78 is 27.8. The van der Waals surface area contributed by atoms with Crippen LogP contribution < -0.4 is 5.32 Å². The monoisotopic (exact) mass is 340 g/mol. The maximum absolute atomic E-state index is 13.1. The van der Waals surface area contributed by atoms with Crippen molar-refractivity contribution in [2.45, 2.75) is 31.6 Å². The number of hydrogen-bond donors (Lipinski definition) is 1. The lowest BCUT2D eigenvalue weighted by molar-refractivity contribution is -0.124. The molecule has 1 saturated carbocycles. The van der Waals surface area contributed by atoms with Crippen LogP contribution in [0, 0.1) is 5.92 Å². The van der Waals surface area contributed by atoms with Gasteiger partial charge in [0.2, 0.25) is 11.8 Å². The average molecular weight is 341 g/mol. The molecule has 122 valence electrons. The Hall–Kier alpha value is -2.02. The van der Waals surface area contributed by atoms with Gasteiger partial charge < -0.3 is 5.32 Å². The predicted molar refractivity (Wildman–Crippen MR) is 81.9 cm³/mol. The number of amides is 1. The molecule has 0 spiro atoms. The first-order chi connectivity index (χ1) is 10.9. The van der Waals surface area contributed by atoms with Crippen LogP contribution in [0.1, 0.15) is 25.7 Å². The molecule has 1 aromatic heterocycles. The van der Waals surface area contributed by atoms with Crippen molar-refractivity contribution in [3.63, 3.8) is 0 Å². The minimum absolute atomic E-state index is 0.198. The van der Waals surface area contributed by atoms with Crippen molar-refractivity contribution in [2.24, 2.45) is 5.92 Å². The molecule has 1 fully saturated rings. The molecule has 0 saturated heterocycles. The summed E-state index contributed by atoms with van der Waals surface area (Å²) in [5, 5.41) is 7.13. The van der Waals surface area contributed by atoms with Crippen LogP contribution in [-0.2, 0) is 4.79 Å². The van der Waals surface area contributed by atoms with Gasteiger partial charge >= 0.3 is 0 Å². The first-order valence-corrected chi connectivity index (χ1v) is 7.66. The summed E-state index contributed by atoms with van der Waals surface area (Å²) >= 11 is 6.19. The quantitative estimate of drug-likeness (QED) is 0.927. The number of alkyl halides is 2. The third-order valence-electron chi connectivity index (χ3n) is 3.97. The standard InChI is InChI=1S/C15H15ClF2N4O/c16-12-7-11(1-2-13(12)22-9-19-8-20-22)21-14(23)10-3-5-15(17,18)6-4-10/h1-2,7-10H,3-6H2,(H,21,23). The molecule has 1 amide bonds. The highest BCUT2D eigenvalue weighted by Crippen LogP contribution is 2.36. The smallest absolute Gasteiger partial charge is 0.248 e. The van der Waals surface area contributed by atoms with E-state index in [1.54, 1.807) is 18.2 Å². The number of carbonyl (C=O) groups is 1. The van der Waals surface area contributed by atoms with Gasteiger partial charge in [-0.3, -0.25) is 4.79 Å². The summed E-state index contributed by atoms with van der Waals surface area (Å²) in [6, 6.07) is 5.01. The Kier molecular flexibility index (Phi) is 4.30. The summed E-state index contributed by atoms with van der Waals surface area (Å²) in [5.41, 5.74) is 1.17. The summed E-state index contributed by atoms with van der Waals surface area (Å²) in [6.07, 6.45) is 2.83. The zero-order chi connectivity index (χ0) is 16.4. The molecule has 1 aliphatic carbocycles. The Labute approximate surface area is 136 Å². The highest BCUT2D eigenvalue weighted by molar-refractivity contribution is 6.32. The second-order valence-corrected chi connectivity index (χ2v) is 6.03. The summed E-state index contributed by atoms with van der Waals surface area (Å²) in [6.45, 7) is 0. The molecule has 1 heterocycles. The van der Waals surface area contributed by atoms with Gasteiger partial charge in [0.15, 0.2) is 0 Å². The third-order valence-corrected chi connectivity index (χ3v) is 4.27. The van der Waals surface area contributed by atoms with Crippen molar-refractivity contribution in [2.75, 3.05) is 5.32 Å². The summed E-state index contributed by atoms with van der Waals surface area (Å²) in [7, 11) is 0. The molecule has 1 aliphatic rings. The van der Waals surface area contributed by atoms with Crippen LogP contribution in [0.3, 0.4) is 0 Å². The number of nitrogens with zero attached hydrogens (tertiary/aromatic N) is 3. The van der Waals surface area contributed by atoms with E-state index < -0.39 is 5.92 Å². The first-order valence-electron chi connectivity index (χ1n) is 7.28. The minimum Gasteiger partial charge on any atom is -0.326 e. The van der Waals surface area contributed by atoms with Gasteiger partial charge in [-0.05, 0) is 31.0 Å². The van der Waals surface area contributed by atoms with Crippen molar-refractivity contribution in [1.82, 2.24) is 14.8 Å². The Morgan fingerprint density at radius 3 is 2.70 bits per heavy atom. The fraction of sp³-hybridized carbons (Fsp3) is 0.400. The molecular weight excluding hydrogens is 326 g/mol. The maximum atomic E-state index is 13.1. The van der Waals surface area contributed by atoms with E-state index in [9.17, 15) is 13.6 Å². The largest absolute Gasteiger partial charge is 0.326 e. The zero-order valence-corrected chi connectivity index (χ0v) is 12.9. The SMILES string of the molecule is O=C(Nc1ccc(-n2cncn2)c(Cl)c1)C1CCC(F)(F)CC1. The van der Waals surface area contributed by atoms with E-state index in [1.807, 2.05) is 0 Å². The Balaban J connectivity index is 1.66. The van der Waals surface area contributed by atoms with Gasteiger partial charge in [0.25, 0.3) is 0 Å². The van der Waals surface area contributed by atoms with Gasteiger partial charge in [-0.15, -0.1) is 0 Å². The van der Waals surface area contributed by atoms with Crippen LogP contribution in [-0.4, -0.2) is 26.6 Å². The lowest BCUT2D eigenvalue weighted by Gasteiger charge is -2.27. The van der Waals surface area contributed by atoms with E-state index in [2.05, 4.69) is 15.4 Å². The molecule has 0 radical (unpaired) electrons. The molecule has 0 unspecified atom stereocenters. The van der Waals surface area contributed by atoms with Crippen LogP contribution in [0.25, 0.3) is 5.69 Å². The van der Waals surface area contributed by atoms with E-state index in [1.165, 1.54) is 17.3 Å². The summed E-state index contributed by atoms with van der Waals surface area (Å²) in [4.78, 5) is 16.0. The lowest BCUT2D eigenvalue weighted by atomic mass is 9.86. The minimum atomic E-state index is -2.64. The molecule has 1 N–H and O–H groups in total. The number of aromatic nitrogens is 3. The van der Waals surface area contributed by atoms with Gasteiger partial charge in [-0.2, -0.15) is 5.10 Å². The second kappa shape index (κ2) is 6.23. The number of anilines is 1. The number of hydrogen-bond acceptors (Lipinski definition) is 3. The molecule has 0 atom stereocenters. The number of rotatable bonds is 3. The van der Waals surface area contributed by atoms with Gasteiger partial charge in [-0.1, -0.05) is 11.6 Å². The van der Waals surface area contributed by atoms with Crippen molar-refractivity contribution >= 4 is 23.2 Å². The predicted octanol–water partition coefficient (Wildman–Crippen LogP) is 3.68. The van der Waals surface area contributed by atoms with E-state index in [4.69, 9.17) is 11.6 Å². The van der Waals surface area contributed by atoms with Crippen molar-refractivity contribution in [1.29, 1.82) is 0 Å². The molecular formula is C15H15ClF2N4O. The van der Waals surface area contributed by atoms with Gasteiger partial charge in [0.1, 0.15) is 12.7 Å². The van der Waals surface area contributed by atoms with Crippen LogP contribution in [0.2, 0.25) is 5.02 Å². The van der Waals surface area contributed by atoms with Crippen LogP contribution in [0.15, 0.2) is 30.9 Å². The van der Waals surface area contributed by atoms with Gasteiger partial charge in [0, 0.05) is 24.4 Å². The molecule has 3 rings (SSSR count). The maximum Gasteiger partial charge on any atom is 0.248 e. The van der Waals surface area contributed by atoms with Crippen LogP contribution >= 0.6 is 11.6 Å². The van der Waals surface area contributed by atoms with E-state index in [0.717, 1.165) is 0 Å². The third kappa shape index (κ3) is 3.67. The number of carbonyl (C=O) groups excluding carboxylic acids is 1. The van der Waals surface area contributed by atoms with Crippen molar-refractivity contribution in [3.05, 3.63) is 35.9 Å². The molecule has 2 aromatic rings. The Bertz CT molecular complexity index is 696. The molecule has 1 aromatic carbocycles.